The second kappa shape index (κ2) is 5.04. The van der Waals surface area contributed by atoms with E-state index in [0.29, 0.717) is 13.1 Å². The van der Waals surface area contributed by atoms with Crippen molar-refractivity contribution in [2.45, 2.75) is 46.2 Å². The van der Waals surface area contributed by atoms with Gasteiger partial charge in [-0.05, 0) is 13.3 Å². The number of rotatable bonds is 2. The summed E-state index contributed by atoms with van der Waals surface area (Å²) in [4.78, 5) is 25.5. The molecule has 0 aliphatic carbocycles. The predicted octanol–water partition coefficient (Wildman–Crippen LogP) is 0.0968. The Morgan fingerprint density at radius 3 is 2.41 bits per heavy atom. The fourth-order valence-corrected chi connectivity index (χ4v) is 1.74. The number of nitrogens with zero attached hydrogens (tertiary/aromatic N) is 1. The van der Waals surface area contributed by atoms with E-state index in [1.54, 1.807) is 11.8 Å². The first-order chi connectivity index (χ1) is 7.71. The first-order valence-corrected chi connectivity index (χ1v) is 6.07. The SMILES string of the molecule is CC(NC(=O)C(C)(C)C)C(=O)N1CC[C@@H](N)C1. The number of hydrogen-bond donors (Lipinski definition) is 2. The summed E-state index contributed by atoms with van der Waals surface area (Å²) in [6, 6.07) is -0.406. The molecule has 0 aromatic heterocycles. The minimum absolute atomic E-state index is 0.0458. The van der Waals surface area contributed by atoms with E-state index in [1.807, 2.05) is 20.8 Å². The second-order valence-corrected chi connectivity index (χ2v) is 5.78. The van der Waals surface area contributed by atoms with Crippen molar-refractivity contribution in [3.8, 4) is 0 Å². The molecule has 0 aromatic carbocycles. The van der Waals surface area contributed by atoms with Gasteiger partial charge in [-0.25, -0.2) is 0 Å². The van der Waals surface area contributed by atoms with E-state index < -0.39 is 11.5 Å². The van der Waals surface area contributed by atoms with Gasteiger partial charge in [-0.1, -0.05) is 20.8 Å². The van der Waals surface area contributed by atoms with Crippen LogP contribution in [0.5, 0.6) is 0 Å². The third kappa shape index (κ3) is 3.70. The van der Waals surface area contributed by atoms with Gasteiger partial charge in [0.05, 0.1) is 0 Å². The van der Waals surface area contributed by atoms with Crippen molar-refractivity contribution in [3.05, 3.63) is 0 Å². The largest absolute Gasteiger partial charge is 0.344 e. The Morgan fingerprint density at radius 2 is 2.00 bits per heavy atom. The van der Waals surface area contributed by atoms with E-state index in [9.17, 15) is 9.59 Å². The zero-order valence-corrected chi connectivity index (χ0v) is 11.1. The van der Waals surface area contributed by atoms with Crippen molar-refractivity contribution in [2.75, 3.05) is 13.1 Å². The van der Waals surface area contributed by atoms with Crippen molar-refractivity contribution >= 4 is 11.8 Å². The van der Waals surface area contributed by atoms with Crippen LogP contribution in [-0.4, -0.2) is 41.9 Å². The Balaban J connectivity index is 2.50. The number of nitrogens with two attached hydrogens (primary N) is 1. The predicted molar refractivity (Wildman–Crippen MR) is 66.2 cm³/mol. The van der Waals surface area contributed by atoms with Gasteiger partial charge in [0.25, 0.3) is 0 Å². The van der Waals surface area contributed by atoms with Crippen LogP contribution in [0.4, 0.5) is 0 Å². The van der Waals surface area contributed by atoms with Crippen LogP contribution in [0.25, 0.3) is 0 Å². The van der Waals surface area contributed by atoms with E-state index in [1.165, 1.54) is 0 Å². The zero-order chi connectivity index (χ0) is 13.2. The average molecular weight is 241 g/mol. The summed E-state index contributed by atoms with van der Waals surface area (Å²) in [7, 11) is 0. The fourth-order valence-electron chi connectivity index (χ4n) is 1.74. The number of amides is 2. The van der Waals surface area contributed by atoms with Gasteiger partial charge in [0, 0.05) is 24.5 Å². The fraction of sp³-hybridized carbons (Fsp3) is 0.833. The highest BCUT2D eigenvalue weighted by molar-refractivity contribution is 5.89. The molecular weight excluding hydrogens is 218 g/mol. The maximum atomic E-state index is 12.0. The lowest BCUT2D eigenvalue weighted by molar-refractivity contribution is -0.137. The van der Waals surface area contributed by atoms with Crippen molar-refractivity contribution in [3.63, 3.8) is 0 Å². The third-order valence-electron chi connectivity index (χ3n) is 2.94. The minimum Gasteiger partial charge on any atom is -0.344 e. The van der Waals surface area contributed by atoms with Gasteiger partial charge >= 0.3 is 0 Å². The summed E-state index contributed by atoms with van der Waals surface area (Å²) in [6.07, 6.45) is 0.839. The second-order valence-electron chi connectivity index (χ2n) is 5.78. The topological polar surface area (TPSA) is 75.4 Å². The van der Waals surface area contributed by atoms with Crippen LogP contribution in [0.15, 0.2) is 0 Å². The maximum Gasteiger partial charge on any atom is 0.244 e. The molecule has 1 fully saturated rings. The maximum absolute atomic E-state index is 12.0. The van der Waals surface area contributed by atoms with Crippen LogP contribution < -0.4 is 11.1 Å². The first-order valence-electron chi connectivity index (χ1n) is 6.07. The Labute approximate surface area is 103 Å². The molecule has 0 saturated carbocycles. The molecular formula is C12H23N3O2. The van der Waals surface area contributed by atoms with E-state index >= 15 is 0 Å². The van der Waals surface area contributed by atoms with Crippen LogP contribution in [0, 0.1) is 5.41 Å². The number of nitrogens with one attached hydrogen (secondary N) is 1. The molecule has 1 unspecified atom stereocenters. The molecule has 1 heterocycles. The third-order valence-corrected chi connectivity index (χ3v) is 2.94. The highest BCUT2D eigenvalue weighted by Gasteiger charge is 2.30. The smallest absolute Gasteiger partial charge is 0.244 e. The number of likely N-dealkylation sites (tertiary alicyclic amines) is 1. The summed E-state index contributed by atoms with van der Waals surface area (Å²) in [5.41, 5.74) is 5.28. The summed E-state index contributed by atoms with van der Waals surface area (Å²) in [5.74, 6) is -0.155. The van der Waals surface area contributed by atoms with Crippen LogP contribution >= 0.6 is 0 Å². The lowest BCUT2D eigenvalue weighted by atomic mass is 9.95. The molecule has 2 atom stereocenters. The van der Waals surface area contributed by atoms with Gasteiger partial charge in [0.1, 0.15) is 6.04 Å². The van der Waals surface area contributed by atoms with Gasteiger partial charge in [-0.2, -0.15) is 0 Å². The van der Waals surface area contributed by atoms with E-state index in [2.05, 4.69) is 5.32 Å². The molecule has 17 heavy (non-hydrogen) atoms. The molecule has 0 radical (unpaired) electrons. The van der Waals surface area contributed by atoms with Crippen molar-refractivity contribution in [1.82, 2.24) is 10.2 Å². The Morgan fingerprint density at radius 1 is 1.41 bits per heavy atom. The Hall–Kier alpha value is -1.10. The van der Waals surface area contributed by atoms with Gasteiger partial charge in [-0.3, -0.25) is 9.59 Å². The lowest BCUT2D eigenvalue weighted by Crippen LogP contribution is -2.49. The highest BCUT2D eigenvalue weighted by Crippen LogP contribution is 2.14. The van der Waals surface area contributed by atoms with Crippen molar-refractivity contribution < 1.29 is 9.59 Å². The van der Waals surface area contributed by atoms with E-state index in [4.69, 9.17) is 5.73 Å². The summed E-state index contributed by atoms with van der Waals surface area (Å²) in [5, 5.41) is 2.74. The normalized spacial score (nSPS) is 22.4. The quantitative estimate of drug-likeness (QED) is 0.720. The number of carbonyl (C=O) groups is 2. The molecule has 5 heteroatoms. The molecule has 2 amide bonds. The van der Waals surface area contributed by atoms with E-state index in [0.717, 1.165) is 6.42 Å². The Bertz CT molecular complexity index is 309. The van der Waals surface area contributed by atoms with Gasteiger partial charge < -0.3 is 16.0 Å². The highest BCUT2D eigenvalue weighted by atomic mass is 16.2. The first kappa shape index (κ1) is 14.0. The molecule has 98 valence electrons. The van der Waals surface area contributed by atoms with Crippen molar-refractivity contribution in [2.24, 2.45) is 11.1 Å². The van der Waals surface area contributed by atoms with Crippen LogP contribution in [0.2, 0.25) is 0 Å². The van der Waals surface area contributed by atoms with Gasteiger partial charge in [0.2, 0.25) is 11.8 Å². The van der Waals surface area contributed by atoms with Crippen LogP contribution in [0.3, 0.4) is 0 Å². The zero-order valence-electron chi connectivity index (χ0n) is 11.1. The molecule has 1 saturated heterocycles. The van der Waals surface area contributed by atoms with E-state index in [-0.39, 0.29) is 17.9 Å². The van der Waals surface area contributed by atoms with Crippen LogP contribution in [-0.2, 0) is 9.59 Å². The standard InChI is InChI=1S/C12H23N3O2/c1-8(14-11(17)12(2,3)4)10(16)15-6-5-9(13)7-15/h8-9H,5-7,13H2,1-4H3,(H,14,17)/t8?,9-/m1/s1. The van der Waals surface area contributed by atoms with Gasteiger partial charge in [0.15, 0.2) is 0 Å². The molecule has 1 aliphatic rings. The molecule has 1 aliphatic heterocycles. The monoisotopic (exact) mass is 241 g/mol. The molecule has 3 N–H and O–H groups in total. The number of carbonyl (C=O) groups excluding carboxylic acids is 2. The van der Waals surface area contributed by atoms with Gasteiger partial charge in [-0.15, -0.1) is 0 Å². The Kier molecular flexibility index (Phi) is 4.14. The molecule has 1 rings (SSSR count). The van der Waals surface area contributed by atoms with Crippen LogP contribution in [0.1, 0.15) is 34.1 Å². The molecule has 0 bridgehead atoms. The molecule has 5 nitrogen and oxygen atoms in total. The average Bonchev–Trinajstić information content (AvgIpc) is 2.62. The summed E-state index contributed by atoms with van der Waals surface area (Å²) in [6.45, 7) is 8.47. The number of hydrogen-bond acceptors (Lipinski definition) is 3. The minimum atomic E-state index is -0.480. The molecule has 0 spiro atoms. The van der Waals surface area contributed by atoms with Crippen molar-refractivity contribution in [1.29, 1.82) is 0 Å². The lowest BCUT2D eigenvalue weighted by Gasteiger charge is -2.25. The summed E-state index contributed by atoms with van der Waals surface area (Å²) >= 11 is 0. The summed E-state index contributed by atoms with van der Waals surface area (Å²) < 4.78 is 0. The molecule has 0 aromatic rings.